The molecule has 7 rings (SSSR count). The minimum atomic E-state index is -0.399. The molecule has 4 saturated carbocycles. The normalized spacial score (nSPS) is 34.8. The van der Waals surface area contributed by atoms with Crippen LogP contribution in [-0.2, 0) is 16.6 Å². The number of carbonyl (C=O) groups is 2. The van der Waals surface area contributed by atoms with Crippen molar-refractivity contribution < 1.29 is 14.3 Å². The number of pyridine rings is 1. The van der Waals surface area contributed by atoms with Gasteiger partial charge in [0.25, 0.3) is 0 Å². The van der Waals surface area contributed by atoms with Crippen molar-refractivity contribution in [2.24, 2.45) is 36.0 Å². The third-order valence-corrected chi connectivity index (χ3v) is 8.84. The Balaban J connectivity index is 1.18. The summed E-state index contributed by atoms with van der Waals surface area (Å²) < 4.78 is 9.27. The summed E-state index contributed by atoms with van der Waals surface area (Å²) in [5.41, 5.74) is 6.45. The molecule has 10 heteroatoms. The maximum absolute atomic E-state index is 13.1. The summed E-state index contributed by atoms with van der Waals surface area (Å²) in [5, 5.41) is 0.473. The Labute approximate surface area is 195 Å². The number of rotatable bonds is 3. The van der Waals surface area contributed by atoms with E-state index in [4.69, 9.17) is 22.1 Å². The summed E-state index contributed by atoms with van der Waals surface area (Å²) >= 11 is 6.06. The van der Waals surface area contributed by atoms with Crippen molar-refractivity contribution in [2.75, 3.05) is 13.1 Å². The fourth-order valence-electron chi connectivity index (χ4n) is 7.32. The van der Waals surface area contributed by atoms with Crippen LogP contribution in [0.2, 0.25) is 5.02 Å². The van der Waals surface area contributed by atoms with Gasteiger partial charge in [0.1, 0.15) is 6.10 Å². The number of aromatic nitrogens is 3. The zero-order valence-corrected chi connectivity index (χ0v) is 19.3. The van der Waals surface area contributed by atoms with Crippen LogP contribution >= 0.6 is 11.6 Å². The van der Waals surface area contributed by atoms with Crippen molar-refractivity contribution in [1.29, 1.82) is 0 Å². The Kier molecular flexibility index (Phi) is 4.60. The highest BCUT2D eigenvalue weighted by atomic mass is 35.5. The van der Waals surface area contributed by atoms with Crippen LogP contribution in [0.5, 0.6) is 0 Å². The van der Waals surface area contributed by atoms with Gasteiger partial charge in [0.15, 0.2) is 5.65 Å². The number of likely N-dealkylation sites (tertiary alicyclic amines) is 1. The van der Waals surface area contributed by atoms with Gasteiger partial charge in [-0.15, -0.1) is 0 Å². The Morgan fingerprint density at radius 3 is 2.67 bits per heavy atom. The van der Waals surface area contributed by atoms with Crippen molar-refractivity contribution >= 4 is 34.8 Å². The van der Waals surface area contributed by atoms with E-state index in [1.165, 1.54) is 10.8 Å². The molecule has 6 atom stereocenters. The second kappa shape index (κ2) is 7.22. The lowest BCUT2D eigenvalue weighted by Crippen LogP contribution is -2.59. The summed E-state index contributed by atoms with van der Waals surface area (Å²) in [4.78, 5) is 44.3. The van der Waals surface area contributed by atoms with Gasteiger partial charge in [-0.2, -0.15) is 0 Å². The van der Waals surface area contributed by atoms with Crippen LogP contribution in [0.1, 0.15) is 44.6 Å². The van der Waals surface area contributed by atoms with Gasteiger partial charge in [-0.3, -0.25) is 13.9 Å². The number of hydrogen-bond donors (Lipinski definition) is 1. The smallest absolute Gasteiger partial charge is 0.410 e. The van der Waals surface area contributed by atoms with Gasteiger partial charge in [-0.05, 0) is 62.3 Å². The van der Waals surface area contributed by atoms with Crippen LogP contribution in [0.3, 0.4) is 0 Å². The monoisotopic (exact) mass is 473 g/mol. The number of hydrogen-bond acceptors (Lipinski definition) is 5. The first-order chi connectivity index (χ1) is 15.8. The highest BCUT2D eigenvalue weighted by Crippen LogP contribution is 2.60. The van der Waals surface area contributed by atoms with Gasteiger partial charge in [-0.1, -0.05) is 11.6 Å². The first kappa shape index (κ1) is 21.0. The van der Waals surface area contributed by atoms with E-state index in [0.717, 1.165) is 32.1 Å². The zero-order valence-electron chi connectivity index (χ0n) is 18.6. The van der Waals surface area contributed by atoms with Gasteiger partial charge >= 0.3 is 11.8 Å². The van der Waals surface area contributed by atoms with Gasteiger partial charge in [0.05, 0.1) is 22.0 Å². The minimum absolute atomic E-state index is 0.148. The number of amides is 2. The van der Waals surface area contributed by atoms with E-state index in [1.807, 2.05) is 0 Å². The van der Waals surface area contributed by atoms with Crippen LogP contribution in [0.4, 0.5) is 4.79 Å². The quantitative estimate of drug-likeness (QED) is 0.735. The van der Waals surface area contributed by atoms with Gasteiger partial charge in [-0.25, -0.2) is 14.6 Å². The number of aryl methyl sites for hydroxylation is 1. The van der Waals surface area contributed by atoms with Crippen molar-refractivity contribution in [3.8, 4) is 0 Å². The minimum Gasteiger partial charge on any atom is -0.446 e. The van der Waals surface area contributed by atoms with Crippen LogP contribution in [-0.4, -0.2) is 50.2 Å². The van der Waals surface area contributed by atoms with Crippen molar-refractivity contribution in [2.45, 2.75) is 50.7 Å². The Hall–Kier alpha value is -2.55. The zero-order chi connectivity index (χ0) is 23.1. The fourth-order valence-corrected chi connectivity index (χ4v) is 7.47. The molecule has 5 unspecified atom stereocenters. The first-order valence-electron chi connectivity index (χ1n) is 11.7. The molecule has 33 heavy (non-hydrogen) atoms. The molecule has 2 amide bonds. The van der Waals surface area contributed by atoms with Crippen LogP contribution in [0, 0.1) is 23.2 Å². The second-order valence-corrected chi connectivity index (χ2v) is 11.0. The molecule has 1 aliphatic heterocycles. The molecule has 2 aromatic rings. The summed E-state index contributed by atoms with van der Waals surface area (Å²) in [6.07, 6.45) is 6.08. The van der Waals surface area contributed by atoms with Crippen molar-refractivity contribution in [1.82, 2.24) is 19.0 Å². The van der Waals surface area contributed by atoms with E-state index in [9.17, 15) is 14.4 Å². The lowest BCUT2D eigenvalue weighted by atomic mass is 9.48. The van der Waals surface area contributed by atoms with Gasteiger partial charge in [0.2, 0.25) is 5.91 Å². The molecule has 4 aliphatic carbocycles. The molecular formula is C23H28ClN5O4. The number of imidazole rings is 1. The molecule has 2 N–H and O–H groups in total. The topological polar surface area (TPSA) is 112 Å². The molecule has 4 bridgehead atoms. The Morgan fingerprint density at radius 1 is 1.24 bits per heavy atom. The number of nitrogens with two attached hydrogens (primary N) is 1. The summed E-state index contributed by atoms with van der Waals surface area (Å²) in [6, 6.07) is 1.56. The van der Waals surface area contributed by atoms with Gasteiger partial charge in [0, 0.05) is 26.3 Å². The Morgan fingerprint density at radius 2 is 1.97 bits per heavy atom. The number of carbonyl (C=O) groups excluding carboxylic acids is 2. The molecule has 5 fully saturated rings. The first-order valence-corrected chi connectivity index (χ1v) is 12.1. The molecule has 1 saturated heterocycles. The maximum Gasteiger partial charge on any atom is 0.410 e. The predicted molar refractivity (Wildman–Crippen MR) is 121 cm³/mol. The average molecular weight is 474 g/mol. The molecular weight excluding hydrogens is 446 g/mol. The van der Waals surface area contributed by atoms with Crippen molar-refractivity contribution in [3.63, 3.8) is 0 Å². The molecule has 0 aromatic carbocycles. The van der Waals surface area contributed by atoms with E-state index >= 15 is 0 Å². The van der Waals surface area contributed by atoms with E-state index in [1.54, 1.807) is 22.6 Å². The highest BCUT2D eigenvalue weighted by molar-refractivity contribution is 6.31. The Bertz CT molecular complexity index is 1210. The molecule has 176 valence electrons. The number of ether oxygens (including phenoxy) is 1. The molecule has 0 spiro atoms. The third kappa shape index (κ3) is 3.11. The van der Waals surface area contributed by atoms with E-state index in [0.29, 0.717) is 41.6 Å². The second-order valence-electron chi connectivity index (χ2n) is 10.6. The summed E-state index contributed by atoms with van der Waals surface area (Å²) in [5.74, 6) is 0.742. The summed E-state index contributed by atoms with van der Waals surface area (Å²) in [7, 11) is 1.70. The summed E-state index contributed by atoms with van der Waals surface area (Å²) in [6.45, 7) is 0.924. The van der Waals surface area contributed by atoms with Crippen LogP contribution in [0.15, 0.2) is 17.1 Å². The third-order valence-electron chi connectivity index (χ3n) is 8.63. The maximum atomic E-state index is 13.1. The SMILES string of the molecule is Cn1c(=O)n(C2CCN(C(=O)OC3C4CC5C[C@H]3CC(C(N)=O)(C5)C4)C2)c2ncc(Cl)cc21. The van der Waals surface area contributed by atoms with E-state index in [2.05, 4.69) is 4.98 Å². The fraction of sp³-hybridized carbons (Fsp3) is 0.652. The molecule has 5 aliphatic rings. The van der Waals surface area contributed by atoms with Crippen LogP contribution < -0.4 is 11.4 Å². The number of fused-ring (bicyclic) bond motifs is 1. The lowest BCUT2D eigenvalue weighted by Gasteiger charge is -2.58. The molecule has 0 radical (unpaired) electrons. The molecule has 3 heterocycles. The predicted octanol–water partition coefficient (Wildman–Crippen LogP) is 2.45. The lowest BCUT2D eigenvalue weighted by molar-refractivity contribution is -0.161. The number of halogens is 1. The standard InChI is InChI=1S/C23H28ClN5O4/c1-27-17-6-15(24)10-26-19(17)29(21(27)31)16-2-3-28(11-16)22(32)33-18-13-4-12-5-14(18)9-23(7-12,8-13)20(25)30/h6,10,12-14,16,18H,2-5,7-9,11H2,1H3,(H2,25,30)/t12?,13-,14?,16?,18?,23?/m0/s1. The molecule has 9 nitrogen and oxygen atoms in total. The molecule has 2 aromatic heterocycles. The highest BCUT2D eigenvalue weighted by Gasteiger charge is 2.59. The van der Waals surface area contributed by atoms with Crippen LogP contribution in [0.25, 0.3) is 11.2 Å². The van der Waals surface area contributed by atoms with E-state index in [-0.39, 0.29) is 41.7 Å². The number of nitrogens with zero attached hydrogens (tertiary/aromatic N) is 4. The largest absolute Gasteiger partial charge is 0.446 e. The average Bonchev–Trinajstić information content (AvgIpc) is 3.34. The van der Waals surface area contributed by atoms with Crippen molar-refractivity contribution in [3.05, 3.63) is 27.8 Å². The number of primary amides is 1. The van der Waals surface area contributed by atoms with Gasteiger partial charge < -0.3 is 15.4 Å². The van der Waals surface area contributed by atoms with E-state index < -0.39 is 5.41 Å².